The molecule has 2 atom stereocenters. The third-order valence-corrected chi connectivity index (χ3v) is 6.94. The first-order valence-corrected chi connectivity index (χ1v) is 12.2. The molecule has 3 aromatic rings. The number of rotatable bonds is 3. The molecule has 178 valence electrons. The van der Waals surface area contributed by atoms with Gasteiger partial charge in [0.2, 0.25) is 0 Å². The predicted octanol–water partition coefficient (Wildman–Crippen LogP) is 4.59. The number of benzene rings is 2. The van der Waals surface area contributed by atoms with Gasteiger partial charge in [-0.3, -0.25) is 9.88 Å². The van der Waals surface area contributed by atoms with Crippen LogP contribution in [0.15, 0.2) is 73.1 Å². The molecule has 0 unspecified atom stereocenters. The van der Waals surface area contributed by atoms with Crippen LogP contribution >= 0.6 is 0 Å². The number of nitrogens with zero attached hydrogens (tertiary/aromatic N) is 3. The standard InChI is InChI=1S/C29H30N4O2/c1-35-26-11-9-25(10-12-26)31-29(34)33-19-2-18-32-20-15-27(28(32)21-33)24-7-5-22(6-8-24)3-4-23-13-16-30-17-14-23/h5-14,16-17,27-28H,2,15,18-21H2,1H3,(H,31,34)/t27-,28+/m1/s1. The van der Waals surface area contributed by atoms with Crippen molar-refractivity contribution in [1.29, 1.82) is 0 Å². The molecule has 1 N–H and O–H groups in total. The maximum Gasteiger partial charge on any atom is 0.321 e. The molecule has 2 aliphatic rings. The number of urea groups is 1. The van der Waals surface area contributed by atoms with Crippen molar-refractivity contribution >= 4 is 11.7 Å². The molecule has 2 amide bonds. The lowest BCUT2D eigenvalue weighted by molar-refractivity contribution is 0.197. The molecule has 35 heavy (non-hydrogen) atoms. The molecule has 1 aromatic heterocycles. The number of aromatic nitrogens is 1. The minimum absolute atomic E-state index is 0.0376. The Kier molecular flexibility index (Phi) is 6.97. The number of amides is 2. The molecule has 2 aliphatic heterocycles. The molecule has 2 aromatic carbocycles. The zero-order valence-electron chi connectivity index (χ0n) is 20.0. The SMILES string of the molecule is COc1ccc(NC(=O)N2CCCN3CC[C@H](c4ccc(C#Cc5ccncc5)cc4)[C@@H]3C2)cc1. The van der Waals surface area contributed by atoms with E-state index < -0.39 is 0 Å². The number of hydrogen-bond donors (Lipinski definition) is 1. The number of anilines is 1. The molecule has 0 radical (unpaired) electrons. The topological polar surface area (TPSA) is 57.7 Å². The molecular formula is C29H30N4O2. The Morgan fingerprint density at radius 2 is 1.66 bits per heavy atom. The summed E-state index contributed by atoms with van der Waals surface area (Å²) in [5, 5.41) is 3.05. The van der Waals surface area contributed by atoms with Crippen LogP contribution in [0.25, 0.3) is 0 Å². The Morgan fingerprint density at radius 3 is 2.37 bits per heavy atom. The summed E-state index contributed by atoms with van der Waals surface area (Å²) in [6.07, 6.45) is 5.61. The summed E-state index contributed by atoms with van der Waals surface area (Å²) in [5.74, 6) is 7.62. The fourth-order valence-electron chi connectivity index (χ4n) is 5.06. The van der Waals surface area contributed by atoms with Crippen molar-refractivity contribution in [3.8, 4) is 17.6 Å². The number of hydrogen-bond acceptors (Lipinski definition) is 4. The van der Waals surface area contributed by atoms with Gasteiger partial charge in [0.05, 0.1) is 7.11 Å². The highest BCUT2D eigenvalue weighted by molar-refractivity contribution is 5.89. The van der Waals surface area contributed by atoms with Gasteiger partial charge in [0.25, 0.3) is 0 Å². The molecule has 2 fully saturated rings. The average Bonchev–Trinajstić information content (AvgIpc) is 3.18. The lowest BCUT2D eigenvalue weighted by Crippen LogP contribution is -2.43. The smallest absolute Gasteiger partial charge is 0.321 e. The molecule has 3 heterocycles. The van der Waals surface area contributed by atoms with E-state index in [1.807, 2.05) is 41.3 Å². The van der Waals surface area contributed by atoms with E-state index in [-0.39, 0.29) is 6.03 Å². The Hall–Kier alpha value is -3.82. The predicted molar refractivity (Wildman–Crippen MR) is 138 cm³/mol. The summed E-state index contributed by atoms with van der Waals surface area (Å²) in [4.78, 5) is 21.7. The molecular weight excluding hydrogens is 436 g/mol. The fourth-order valence-corrected chi connectivity index (χ4v) is 5.06. The van der Waals surface area contributed by atoms with Crippen LogP contribution in [0, 0.1) is 11.8 Å². The molecule has 2 saturated heterocycles. The van der Waals surface area contributed by atoms with E-state index in [4.69, 9.17) is 4.74 Å². The van der Waals surface area contributed by atoms with E-state index in [0.717, 1.165) is 61.6 Å². The largest absolute Gasteiger partial charge is 0.497 e. The summed E-state index contributed by atoms with van der Waals surface area (Å²) < 4.78 is 5.21. The van der Waals surface area contributed by atoms with E-state index >= 15 is 0 Å². The van der Waals surface area contributed by atoms with E-state index in [9.17, 15) is 4.79 Å². The van der Waals surface area contributed by atoms with Crippen LogP contribution in [-0.2, 0) is 0 Å². The van der Waals surface area contributed by atoms with Gasteiger partial charge in [-0.15, -0.1) is 0 Å². The second-order valence-corrected chi connectivity index (χ2v) is 9.06. The number of pyridine rings is 1. The Bertz CT molecular complexity index is 1200. The monoisotopic (exact) mass is 466 g/mol. The van der Waals surface area contributed by atoms with Crippen LogP contribution in [0.4, 0.5) is 10.5 Å². The molecule has 0 bridgehead atoms. The van der Waals surface area contributed by atoms with Gasteiger partial charge in [-0.05, 0) is 73.5 Å². The van der Waals surface area contributed by atoms with E-state index in [1.165, 1.54) is 5.56 Å². The summed E-state index contributed by atoms with van der Waals surface area (Å²) in [7, 11) is 1.64. The number of carbonyl (C=O) groups is 1. The molecule has 6 heteroatoms. The highest BCUT2D eigenvalue weighted by Crippen LogP contribution is 2.35. The van der Waals surface area contributed by atoms with Gasteiger partial charge in [-0.2, -0.15) is 0 Å². The molecule has 0 aliphatic carbocycles. The highest BCUT2D eigenvalue weighted by atomic mass is 16.5. The van der Waals surface area contributed by atoms with Gasteiger partial charge in [-0.25, -0.2) is 4.79 Å². The quantitative estimate of drug-likeness (QED) is 0.574. The normalized spacial score (nSPS) is 19.7. The second kappa shape index (κ2) is 10.6. The Labute approximate surface area is 206 Å². The summed E-state index contributed by atoms with van der Waals surface area (Å²) in [5.41, 5.74) is 4.07. The first-order chi connectivity index (χ1) is 17.2. The first-order valence-electron chi connectivity index (χ1n) is 12.2. The van der Waals surface area contributed by atoms with Crippen LogP contribution in [-0.4, -0.2) is 60.1 Å². The number of ether oxygens (including phenoxy) is 1. The van der Waals surface area contributed by atoms with Gasteiger partial charge in [-0.1, -0.05) is 24.0 Å². The molecule has 0 saturated carbocycles. The average molecular weight is 467 g/mol. The van der Waals surface area contributed by atoms with Crippen LogP contribution in [0.2, 0.25) is 0 Å². The van der Waals surface area contributed by atoms with Crippen molar-refractivity contribution in [1.82, 2.24) is 14.8 Å². The summed E-state index contributed by atoms with van der Waals surface area (Å²) in [6, 6.07) is 20.2. The zero-order valence-corrected chi connectivity index (χ0v) is 20.0. The minimum Gasteiger partial charge on any atom is -0.497 e. The minimum atomic E-state index is -0.0376. The Balaban J connectivity index is 1.26. The number of fused-ring (bicyclic) bond motifs is 1. The van der Waals surface area contributed by atoms with E-state index in [0.29, 0.717) is 12.0 Å². The van der Waals surface area contributed by atoms with Crippen LogP contribution in [0.5, 0.6) is 5.75 Å². The molecule has 0 spiro atoms. The van der Waals surface area contributed by atoms with E-state index in [1.54, 1.807) is 19.5 Å². The van der Waals surface area contributed by atoms with Crippen molar-refractivity contribution in [2.45, 2.75) is 24.8 Å². The fraction of sp³-hybridized carbons (Fsp3) is 0.310. The van der Waals surface area contributed by atoms with Crippen molar-refractivity contribution in [2.24, 2.45) is 0 Å². The third-order valence-electron chi connectivity index (χ3n) is 6.94. The lowest BCUT2D eigenvalue weighted by Gasteiger charge is -2.30. The van der Waals surface area contributed by atoms with E-state index in [2.05, 4.69) is 51.3 Å². The van der Waals surface area contributed by atoms with Crippen molar-refractivity contribution < 1.29 is 9.53 Å². The molecule has 5 rings (SSSR count). The van der Waals surface area contributed by atoms with Gasteiger partial charge >= 0.3 is 6.03 Å². The zero-order chi connectivity index (χ0) is 24.0. The maximum absolute atomic E-state index is 13.1. The summed E-state index contributed by atoms with van der Waals surface area (Å²) >= 11 is 0. The van der Waals surface area contributed by atoms with Gasteiger partial charge in [0.1, 0.15) is 5.75 Å². The lowest BCUT2D eigenvalue weighted by atomic mass is 9.91. The summed E-state index contributed by atoms with van der Waals surface area (Å²) in [6.45, 7) is 3.61. The van der Waals surface area contributed by atoms with Gasteiger partial charge in [0.15, 0.2) is 0 Å². The number of methoxy groups -OCH3 is 1. The van der Waals surface area contributed by atoms with Crippen molar-refractivity contribution in [2.75, 3.05) is 38.6 Å². The maximum atomic E-state index is 13.1. The van der Waals surface area contributed by atoms with Gasteiger partial charge < -0.3 is 15.0 Å². The second-order valence-electron chi connectivity index (χ2n) is 9.06. The number of carbonyl (C=O) groups excluding carboxylic acids is 1. The molecule has 6 nitrogen and oxygen atoms in total. The Morgan fingerprint density at radius 1 is 0.943 bits per heavy atom. The van der Waals surface area contributed by atoms with Crippen molar-refractivity contribution in [3.63, 3.8) is 0 Å². The highest BCUT2D eigenvalue weighted by Gasteiger charge is 2.38. The number of nitrogens with one attached hydrogen (secondary N) is 1. The van der Waals surface area contributed by atoms with Gasteiger partial charge in [0, 0.05) is 60.8 Å². The van der Waals surface area contributed by atoms with Crippen LogP contribution in [0.1, 0.15) is 35.4 Å². The first kappa shape index (κ1) is 22.9. The third kappa shape index (κ3) is 5.47. The van der Waals surface area contributed by atoms with Crippen LogP contribution in [0.3, 0.4) is 0 Å². The van der Waals surface area contributed by atoms with Crippen LogP contribution < -0.4 is 10.1 Å². The van der Waals surface area contributed by atoms with Crippen molar-refractivity contribution in [3.05, 3.63) is 89.7 Å².